The van der Waals surface area contributed by atoms with Crippen molar-refractivity contribution in [3.8, 4) is 17.2 Å². The van der Waals surface area contributed by atoms with Gasteiger partial charge in [0.05, 0.1) is 11.4 Å². The Labute approximate surface area is 217 Å². The summed E-state index contributed by atoms with van der Waals surface area (Å²) in [5.41, 5.74) is 6.84. The Morgan fingerprint density at radius 3 is 2.21 bits per heavy atom. The number of pyridine rings is 1. The molecule has 0 radical (unpaired) electrons. The Kier molecular flexibility index (Phi) is 7.11. The van der Waals surface area contributed by atoms with Crippen LogP contribution in [0, 0.1) is 18.6 Å². The molecule has 4 rings (SSSR count). The maximum absolute atomic E-state index is 13.9. The van der Waals surface area contributed by atoms with E-state index in [2.05, 4.69) is 20.7 Å². The molecule has 2 aromatic heterocycles. The van der Waals surface area contributed by atoms with Crippen molar-refractivity contribution in [1.29, 1.82) is 0 Å². The number of nitrogens with zero attached hydrogens (tertiary/aromatic N) is 3. The van der Waals surface area contributed by atoms with Crippen molar-refractivity contribution < 1.29 is 23.1 Å². The van der Waals surface area contributed by atoms with E-state index in [1.165, 1.54) is 16.9 Å². The van der Waals surface area contributed by atoms with Crippen molar-refractivity contribution >= 4 is 23.4 Å². The molecule has 0 aliphatic carbocycles. The van der Waals surface area contributed by atoms with E-state index in [4.69, 9.17) is 10.5 Å². The number of carbonyl (C=O) groups is 2. The fraction of sp³-hybridized carbons (Fsp3) is 0.185. The summed E-state index contributed by atoms with van der Waals surface area (Å²) in [5.74, 6) is -1.09. The number of anilines is 2. The third kappa shape index (κ3) is 5.94. The predicted octanol–water partition coefficient (Wildman–Crippen LogP) is 5.69. The van der Waals surface area contributed by atoms with Crippen molar-refractivity contribution in [3.63, 3.8) is 0 Å². The second-order valence-electron chi connectivity index (χ2n) is 9.56. The van der Waals surface area contributed by atoms with E-state index in [0.29, 0.717) is 28.4 Å². The number of ether oxygens (including phenoxy) is 1. The van der Waals surface area contributed by atoms with Crippen LogP contribution in [0.15, 0.2) is 60.8 Å². The number of nitrogens with two attached hydrogens (primary N) is 1. The minimum atomic E-state index is -0.763. The Balaban J connectivity index is 1.53. The molecule has 0 fully saturated rings. The van der Waals surface area contributed by atoms with Crippen LogP contribution in [0.5, 0.6) is 11.5 Å². The van der Waals surface area contributed by atoms with E-state index in [1.54, 1.807) is 37.3 Å². The lowest BCUT2D eigenvalue weighted by Crippen LogP contribution is -2.22. The van der Waals surface area contributed by atoms with Crippen molar-refractivity contribution in [2.45, 2.75) is 33.1 Å². The SMILES string of the molecule is Cc1c(C(C)(C)C)nn(-c2cc(F)cc(F)c2)c1NC(=O)Nc1ccc(Oc2ccnc(C(N)=O)c2)cc1. The Bertz CT molecular complexity index is 1490. The maximum Gasteiger partial charge on any atom is 0.324 e. The van der Waals surface area contributed by atoms with Crippen LogP contribution in [-0.4, -0.2) is 26.7 Å². The van der Waals surface area contributed by atoms with Gasteiger partial charge in [0.1, 0.15) is 34.6 Å². The topological polar surface area (TPSA) is 124 Å². The number of benzene rings is 2. The van der Waals surface area contributed by atoms with E-state index >= 15 is 0 Å². The van der Waals surface area contributed by atoms with Crippen LogP contribution >= 0.6 is 0 Å². The van der Waals surface area contributed by atoms with Crippen molar-refractivity contribution in [2.75, 3.05) is 10.6 Å². The number of primary amides is 1. The second kappa shape index (κ2) is 10.3. The summed E-state index contributed by atoms with van der Waals surface area (Å²) >= 11 is 0. The molecule has 0 saturated heterocycles. The molecule has 196 valence electrons. The molecule has 2 aromatic carbocycles. The van der Waals surface area contributed by atoms with Crippen molar-refractivity contribution in [2.24, 2.45) is 5.73 Å². The monoisotopic (exact) mass is 520 g/mol. The van der Waals surface area contributed by atoms with Gasteiger partial charge in [0.15, 0.2) is 0 Å². The first kappa shape index (κ1) is 26.3. The maximum atomic E-state index is 13.9. The Hall–Kier alpha value is -4.80. The molecule has 38 heavy (non-hydrogen) atoms. The molecule has 11 heteroatoms. The van der Waals surface area contributed by atoms with Gasteiger partial charge in [-0.3, -0.25) is 15.1 Å². The van der Waals surface area contributed by atoms with Gasteiger partial charge in [-0.25, -0.2) is 18.3 Å². The van der Waals surface area contributed by atoms with Gasteiger partial charge < -0.3 is 15.8 Å². The summed E-state index contributed by atoms with van der Waals surface area (Å²) in [5, 5.41) is 10.0. The summed E-state index contributed by atoms with van der Waals surface area (Å²) in [6, 6.07) is 12.0. The highest BCUT2D eigenvalue weighted by Gasteiger charge is 2.26. The number of amides is 3. The molecule has 0 unspecified atom stereocenters. The van der Waals surface area contributed by atoms with Crippen LogP contribution in [0.3, 0.4) is 0 Å². The van der Waals surface area contributed by atoms with Crippen LogP contribution in [-0.2, 0) is 5.41 Å². The summed E-state index contributed by atoms with van der Waals surface area (Å²) < 4.78 is 34.9. The highest BCUT2D eigenvalue weighted by Crippen LogP contribution is 2.32. The number of nitrogens with one attached hydrogen (secondary N) is 2. The number of carbonyl (C=O) groups excluding carboxylic acids is 2. The molecule has 0 saturated carbocycles. The first-order valence-electron chi connectivity index (χ1n) is 11.6. The molecule has 2 heterocycles. The third-order valence-corrected chi connectivity index (χ3v) is 5.49. The van der Waals surface area contributed by atoms with Gasteiger partial charge in [-0.15, -0.1) is 0 Å². The first-order chi connectivity index (χ1) is 17.9. The molecular formula is C27H26F2N6O3. The highest BCUT2D eigenvalue weighted by molar-refractivity contribution is 6.00. The molecule has 4 N–H and O–H groups in total. The summed E-state index contributed by atoms with van der Waals surface area (Å²) in [4.78, 5) is 28.1. The molecule has 3 amide bonds. The van der Waals surface area contributed by atoms with Gasteiger partial charge in [0.25, 0.3) is 5.91 Å². The molecule has 9 nitrogen and oxygen atoms in total. The predicted molar refractivity (Wildman–Crippen MR) is 139 cm³/mol. The zero-order valence-electron chi connectivity index (χ0n) is 21.2. The molecule has 0 spiro atoms. The van der Waals surface area contributed by atoms with Crippen LogP contribution in [0.25, 0.3) is 5.69 Å². The van der Waals surface area contributed by atoms with E-state index in [1.807, 2.05) is 20.8 Å². The van der Waals surface area contributed by atoms with Crippen LogP contribution in [0.4, 0.5) is 25.1 Å². The zero-order chi connectivity index (χ0) is 27.6. The normalized spacial score (nSPS) is 11.2. The molecule has 0 atom stereocenters. The molecule has 0 aliphatic rings. The highest BCUT2D eigenvalue weighted by atomic mass is 19.1. The molecular weight excluding hydrogens is 494 g/mol. The van der Waals surface area contributed by atoms with E-state index in [-0.39, 0.29) is 17.2 Å². The smallest absolute Gasteiger partial charge is 0.324 e. The summed E-state index contributed by atoms with van der Waals surface area (Å²) in [6.45, 7) is 7.64. The molecule has 0 aliphatic heterocycles. The zero-order valence-corrected chi connectivity index (χ0v) is 21.2. The number of rotatable bonds is 6. The minimum Gasteiger partial charge on any atom is -0.457 e. The second-order valence-corrected chi connectivity index (χ2v) is 9.56. The average molecular weight is 521 g/mol. The Morgan fingerprint density at radius 1 is 0.947 bits per heavy atom. The van der Waals surface area contributed by atoms with Gasteiger partial charge in [-0.05, 0) is 49.4 Å². The van der Waals surface area contributed by atoms with E-state index in [9.17, 15) is 18.4 Å². The number of halogens is 2. The fourth-order valence-electron chi connectivity index (χ4n) is 3.83. The Morgan fingerprint density at radius 2 is 1.61 bits per heavy atom. The van der Waals surface area contributed by atoms with Gasteiger partial charge in [-0.2, -0.15) is 5.10 Å². The third-order valence-electron chi connectivity index (χ3n) is 5.49. The van der Waals surface area contributed by atoms with Crippen molar-refractivity contribution in [1.82, 2.24) is 14.8 Å². The standard InChI is InChI=1S/C27H26F2N6O3/c1-15-23(27(2,3)4)34-35(19-12-16(28)11-17(29)13-19)25(15)33-26(37)32-18-5-7-20(8-6-18)38-21-9-10-31-22(14-21)24(30)36/h5-14H,1-4H3,(H2,30,36)(H2,32,33,37). The quantitative estimate of drug-likeness (QED) is 0.301. The van der Waals surface area contributed by atoms with Crippen LogP contribution in [0.2, 0.25) is 0 Å². The summed E-state index contributed by atoms with van der Waals surface area (Å²) in [6.07, 6.45) is 1.41. The molecule has 0 bridgehead atoms. The minimum absolute atomic E-state index is 0.0718. The van der Waals surface area contributed by atoms with Crippen LogP contribution < -0.4 is 21.1 Å². The lowest BCUT2D eigenvalue weighted by Gasteiger charge is -2.16. The van der Waals surface area contributed by atoms with Crippen molar-refractivity contribution in [3.05, 3.63) is 89.4 Å². The van der Waals surface area contributed by atoms with Gasteiger partial charge in [0, 0.05) is 35.0 Å². The number of hydrogen-bond acceptors (Lipinski definition) is 5. The largest absolute Gasteiger partial charge is 0.457 e. The summed E-state index contributed by atoms with van der Waals surface area (Å²) in [7, 11) is 0. The van der Waals surface area contributed by atoms with Gasteiger partial charge in [0.2, 0.25) is 0 Å². The fourth-order valence-corrected chi connectivity index (χ4v) is 3.83. The molecule has 4 aromatic rings. The van der Waals surface area contributed by atoms with E-state index < -0.39 is 29.0 Å². The lowest BCUT2D eigenvalue weighted by atomic mass is 9.90. The van der Waals surface area contributed by atoms with Gasteiger partial charge in [-0.1, -0.05) is 20.8 Å². The van der Waals surface area contributed by atoms with Gasteiger partial charge >= 0.3 is 6.03 Å². The first-order valence-corrected chi connectivity index (χ1v) is 11.6. The average Bonchev–Trinajstić information content (AvgIpc) is 3.16. The van der Waals surface area contributed by atoms with Crippen LogP contribution in [0.1, 0.15) is 42.5 Å². The number of hydrogen-bond donors (Lipinski definition) is 3. The lowest BCUT2D eigenvalue weighted by molar-refractivity contribution is 0.0995. The number of urea groups is 1. The number of aromatic nitrogens is 3. The van der Waals surface area contributed by atoms with E-state index in [0.717, 1.165) is 18.2 Å².